The molecule has 0 aliphatic carbocycles. The van der Waals surface area contributed by atoms with Crippen LogP contribution < -0.4 is 0 Å². The Bertz CT molecular complexity index is 705. The maximum Gasteiger partial charge on any atom is 0.235 e. The molecular formula is C19H22ClN3OS. The fraction of sp³-hybridized carbons (Fsp3) is 0.368. The molecule has 1 aliphatic rings. The number of thioether (sulfide) groups is 1. The summed E-state index contributed by atoms with van der Waals surface area (Å²) in [6, 6.07) is 11.8. The van der Waals surface area contributed by atoms with E-state index in [-0.39, 0.29) is 11.2 Å². The van der Waals surface area contributed by atoms with Crippen molar-refractivity contribution in [1.82, 2.24) is 14.8 Å². The van der Waals surface area contributed by atoms with Gasteiger partial charge in [0.2, 0.25) is 5.91 Å². The lowest BCUT2D eigenvalue weighted by Gasteiger charge is -2.35. The molecule has 1 aliphatic heterocycles. The van der Waals surface area contributed by atoms with E-state index in [9.17, 15) is 4.79 Å². The highest BCUT2D eigenvalue weighted by Gasteiger charge is 2.25. The highest BCUT2D eigenvalue weighted by molar-refractivity contribution is 8.00. The van der Waals surface area contributed by atoms with Crippen molar-refractivity contribution in [2.24, 2.45) is 0 Å². The van der Waals surface area contributed by atoms with Crippen LogP contribution in [0.3, 0.4) is 0 Å². The van der Waals surface area contributed by atoms with E-state index in [1.165, 1.54) is 17.3 Å². The Hall–Kier alpha value is -1.56. The van der Waals surface area contributed by atoms with E-state index in [0.29, 0.717) is 5.02 Å². The molecule has 1 fully saturated rings. The number of pyridine rings is 1. The average molecular weight is 376 g/mol. The van der Waals surface area contributed by atoms with E-state index < -0.39 is 0 Å². The maximum absolute atomic E-state index is 12.7. The number of halogens is 1. The summed E-state index contributed by atoms with van der Waals surface area (Å²) in [5.41, 5.74) is 1.26. The van der Waals surface area contributed by atoms with Gasteiger partial charge in [0.15, 0.2) is 0 Å². The zero-order chi connectivity index (χ0) is 17.6. The van der Waals surface area contributed by atoms with Crippen LogP contribution in [0.1, 0.15) is 12.5 Å². The number of hydrogen-bond donors (Lipinski definition) is 0. The van der Waals surface area contributed by atoms with Crippen molar-refractivity contribution in [3.8, 4) is 0 Å². The van der Waals surface area contributed by atoms with Crippen LogP contribution in [-0.4, -0.2) is 52.1 Å². The van der Waals surface area contributed by atoms with Crippen molar-refractivity contribution in [2.45, 2.75) is 23.6 Å². The lowest BCUT2D eigenvalue weighted by molar-refractivity contribution is -0.132. The van der Waals surface area contributed by atoms with Gasteiger partial charge in [-0.1, -0.05) is 23.7 Å². The first kappa shape index (κ1) is 18.2. The van der Waals surface area contributed by atoms with Crippen molar-refractivity contribution in [2.75, 3.05) is 26.2 Å². The molecule has 0 radical (unpaired) electrons. The quantitative estimate of drug-likeness (QED) is 0.749. The van der Waals surface area contributed by atoms with E-state index in [4.69, 9.17) is 11.6 Å². The third-order valence-corrected chi connectivity index (χ3v) is 5.93. The molecule has 0 N–H and O–H groups in total. The van der Waals surface area contributed by atoms with Gasteiger partial charge in [-0.15, -0.1) is 11.8 Å². The molecule has 1 unspecified atom stereocenters. The van der Waals surface area contributed by atoms with Gasteiger partial charge in [-0.3, -0.25) is 14.7 Å². The van der Waals surface area contributed by atoms with Gasteiger partial charge < -0.3 is 4.90 Å². The second kappa shape index (κ2) is 8.70. The fourth-order valence-electron chi connectivity index (χ4n) is 2.91. The van der Waals surface area contributed by atoms with Crippen molar-refractivity contribution >= 4 is 29.3 Å². The van der Waals surface area contributed by atoms with Crippen LogP contribution in [0.4, 0.5) is 0 Å². The van der Waals surface area contributed by atoms with Crippen LogP contribution in [0.15, 0.2) is 53.7 Å². The molecule has 0 saturated carbocycles. The number of carbonyl (C=O) groups excluding carboxylic acids is 1. The van der Waals surface area contributed by atoms with Crippen LogP contribution in [-0.2, 0) is 11.3 Å². The Labute approximate surface area is 158 Å². The summed E-state index contributed by atoms with van der Waals surface area (Å²) < 4.78 is 0. The number of rotatable bonds is 5. The molecule has 6 heteroatoms. The second-order valence-electron chi connectivity index (χ2n) is 6.15. The number of hydrogen-bond acceptors (Lipinski definition) is 4. The zero-order valence-corrected chi connectivity index (χ0v) is 15.8. The van der Waals surface area contributed by atoms with Gasteiger partial charge in [0.05, 0.1) is 10.3 Å². The average Bonchev–Trinajstić information content (AvgIpc) is 2.64. The molecule has 25 heavy (non-hydrogen) atoms. The van der Waals surface area contributed by atoms with Crippen molar-refractivity contribution in [3.63, 3.8) is 0 Å². The molecular weight excluding hydrogens is 354 g/mol. The lowest BCUT2D eigenvalue weighted by Crippen LogP contribution is -2.50. The number of aromatic nitrogens is 1. The SMILES string of the molecule is CC(Sc1ccccc1Cl)C(=O)N1CCN(Cc2ccncc2)CC1. The fourth-order valence-corrected chi connectivity index (χ4v) is 4.15. The smallest absolute Gasteiger partial charge is 0.235 e. The number of benzene rings is 1. The first-order valence-corrected chi connectivity index (χ1v) is 9.70. The first-order valence-electron chi connectivity index (χ1n) is 8.45. The minimum absolute atomic E-state index is 0.133. The van der Waals surface area contributed by atoms with Gasteiger partial charge in [0.25, 0.3) is 0 Å². The molecule has 1 amide bonds. The third-order valence-electron chi connectivity index (χ3n) is 4.33. The highest BCUT2D eigenvalue weighted by Crippen LogP contribution is 2.30. The van der Waals surface area contributed by atoms with E-state index in [1.807, 2.05) is 60.6 Å². The summed E-state index contributed by atoms with van der Waals surface area (Å²) in [5, 5.41) is 0.570. The number of piperazine rings is 1. The summed E-state index contributed by atoms with van der Waals surface area (Å²) in [4.78, 5) is 22.1. The standard InChI is InChI=1S/C19H22ClN3OS/c1-15(25-18-5-3-2-4-17(18)20)19(24)23-12-10-22(11-13-23)14-16-6-8-21-9-7-16/h2-9,15H,10-14H2,1H3. The number of carbonyl (C=O) groups is 1. The Kier molecular flexibility index (Phi) is 6.34. The van der Waals surface area contributed by atoms with Gasteiger partial charge in [0, 0.05) is 50.0 Å². The maximum atomic E-state index is 12.7. The van der Waals surface area contributed by atoms with Gasteiger partial charge in [-0.25, -0.2) is 0 Å². The normalized spacial score (nSPS) is 16.6. The molecule has 4 nitrogen and oxygen atoms in total. The molecule has 1 aromatic heterocycles. The zero-order valence-electron chi connectivity index (χ0n) is 14.3. The van der Waals surface area contributed by atoms with Crippen LogP contribution in [0, 0.1) is 0 Å². The predicted molar refractivity (Wildman–Crippen MR) is 103 cm³/mol. The summed E-state index contributed by atoms with van der Waals surface area (Å²) in [6.45, 7) is 6.22. The summed E-state index contributed by atoms with van der Waals surface area (Å²) in [6.07, 6.45) is 3.64. The van der Waals surface area contributed by atoms with E-state index in [1.54, 1.807) is 0 Å². The topological polar surface area (TPSA) is 36.4 Å². The molecule has 2 heterocycles. The monoisotopic (exact) mass is 375 g/mol. The largest absolute Gasteiger partial charge is 0.339 e. The molecule has 0 bridgehead atoms. The summed E-state index contributed by atoms with van der Waals surface area (Å²) in [7, 11) is 0. The van der Waals surface area contributed by atoms with Gasteiger partial charge in [-0.2, -0.15) is 0 Å². The molecule has 3 rings (SSSR count). The molecule has 2 aromatic rings. The minimum Gasteiger partial charge on any atom is -0.339 e. The van der Waals surface area contributed by atoms with Crippen LogP contribution in [0.25, 0.3) is 0 Å². The van der Waals surface area contributed by atoms with Crippen LogP contribution in [0.2, 0.25) is 5.02 Å². The Morgan fingerprint density at radius 1 is 1.16 bits per heavy atom. The molecule has 1 atom stereocenters. The van der Waals surface area contributed by atoms with E-state index in [2.05, 4.69) is 9.88 Å². The van der Waals surface area contributed by atoms with Crippen LogP contribution >= 0.6 is 23.4 Å². The third kappa shape index (κ3) is 4.97. The van der Waals surface area contributed by atoms with E-state index >= 15 is 0 Å². The van der Waals surface area contributed by atoms with Gasteiger partial charge in [-0.05, 0) is 36.8 Å². The van der Waals surface area contributed by atoms with Gasteiger partial charge in [0.1, 0.15) is 0 Å². The number of amides is 1. The Morgan fingerprint density at radius 2 is 1.84 bits per heavy atom. The second-order valence-corrected chi connectivity index (χ2v) is 7.94. The van der Waals surface area contributed by atoms with E-state index in [0.717, 1.165) is 37.6 Å². The number of nitrogens with zero attached hydrogens (tertiary/aromatic N) is 3. The van der Waals surface area contributed by atoms with Gasteiger partial charge >= 0.3 is 0 Å². The van der Waals surface area contributed by atoms with Crippen molar-refractivity contribution in [1.29, 1.82) is 0 Å². The predicted octanol–water partition coefficient (Wildman–Crippen LogP) is 3.56. The van der Waals surface area contributed by atoms with Crippen molar-refractivity contribution in [3.05, 3.63) is 59.4 Å². The lowest BCUT2D eigenvalue weighted by atomic mass is 10.2. The van der Waals surface area contributed by atoms with Crippen LogP contribution in [0.5, 0.6) is 0 Å². The highest BCUT2D eigenvalue weighted by atomic mass is 35.5. The molecule has 132 valence electrons. The first-order chi connectivity index (χ1) is 12.1. The molecule has 1 saturated heterocycles. The van der Waals surface area contributed by atoms with Crippen molar-refractivity contribution < 1.29 is 4.79 Å². The molecule has 1 aromatic carbocycles. The minimum atomic E-state index is -0.133. The Balaban J connectivity index is 1.50. The summed E-state index contributed by atoms with van der Waals surface area (Å²) in [5.74, 6) is 0.188. The summed E-state index contributed by atoms with van der Waals surface area (Å²) >= 11 is 7.73. The Morgan fingerprint density at radius 3 is 2.52 bits per heavy atom. The molecule has 0 spiro atoms.